The molecular formula is C14H17N3S. The van der Waals surface area contributed by atoms with Crippen LogP contribution in [0.4, 0.5) is 5.69 Å². The maximum Gasteiger partial charge on any atom is 0.161 e. The van der Waals surface area contributed by atoms with Gasteiger partial charge < -0.3 is 5.32 Å². The van der Waals surface area contributed by atoms with Crippen molar-refractivity contribution in [2.45, 2.75) is 31.4 Å². The van der Waals surface area contributed by atoms with Gasteiger partial charge >= 0.3 is 0 Å². The third-order valence-corrected chi connectivity index (χ3v) is 3.99. The van der Waals surface area contributed by atoms with Crippen molar-refractivity contribution >= 4 is 22.6 Å². The smallest absolute Gasteiger partial charge is 0.161 e. The Morgan fingerprint density at radius 2 is 2.22 bits per heavy atom. The lowest BCUT2D eigenvalue weighted by molar-refractivity contribution is 0.754. The highest BCUT2D eigenvalue weighted by molar-refractivity contribution is 8.15. The van der Waals surface area contributed by atoms with E-state index in [0.717, 1.165) is 23.0 Å². The molecule has 1 aromatic rings. The molecule has 0 fully saturated rings. The number of nitriles is 1. The van der Waals surface area contributed by atoms with Crippen LogP contribution in [0, 0.1) is 11.3 Å². The minimum absolute atomic E-state index is 0.467. The maximum absolute atomic E-state index is 8.61. The van der Waals surface area contributed by atoms with Crippen molar-refractivity contribution in [2.75, 3.05) is 11.9 Å². The molecule has 0 saturated carbocycles. The van der Waals surface area contributed by atoms with Crippen LogP contribution in [0.2, 0.25) is 0 Å². The Bertz CT molecular complexity index is 459. The van der Waals surface area contributed by atoms with Crippen molar-refractivity contribution < 1.29 is 0 Å². The highest BCUT2D eigenvalue weighted by Gasteiger charge is 2.18. The summed E-state index contributed by atoms with van der Waals surface area (Å²) in [6, 6.07) is 10.1. The molecule has 2 rings (SSSR count). The zero-order valence-corrected chi connectivity index (χ0v) is 11.3. The molecule has 18 heavy (non-hydrogen) atoms. The first-order valence-electron chi connectivity index (χ1n) is 6.26. The minimum atomic E-state index is 0.467. The summed E-state index contributed by atoms with van der Waals surface area (Å²) < 4.78 is 0. The largest absolute Gasteiger partial charge is 0.335 e. The first-order chi connectivity index (χ1) is 8.81. The summed E-state index contributed by atoms with van der Waals surface area (Å²) in [4.78, 5) is 4.51. The molecule has 0 spiro atoms. The molecule has 1 atom stereocenters. The fourth-order valence-corrected chi connectivity index (χ4v) is 3.02. The van der Waals surface area contributed by atoms with Crippen LogP contribution in [0.25, 0.3) is 0 Å². The Kier molecular flexibility index (Phi) is 4.66. The van der Waals surface area contributed by atoms with E-state index in [1.807, 2.05) is 36.0 Å². The fourth-order valence-electron chi connectivity index (χ4n) is 1.88. The van der Waals surface area contributed by atoms with Gasteiger partial charge in [0.1, 0.15) is 0 Å². The van der Waals surface area contributed by atoms with Gasteiger partial charge in [-0.05, 0) is 24.1 Å². The monoisotopic (exact) mass is 259 g/mol. The van der Waals surface area contributed by atoms with Gasteiger partial charge in [0.05, 0.1) is 19.0 Å². The molecule has 94 valence electrons. The minimum Gasteiger partial charge on any atom is -0.335 e. The van der Waals surface area contributed by atoms with Crippen molar-refractivity contribution in [1.82, 2.24) is 0 Å². The predicted molar refractivity (Wildman–Crippen MR) is 78.0 cm³/mol. The SMILES string of the molecule is CCCC1CN=C(Nc2ccc(CC#N)cc2)S1. The predicted octanol–water partition coefficient (Wildman–Crippen LogP) is 3.44. The number of hydrogen-bond donors (Lipinski definition) is 1. The van der Waals surface area contributed by atoms with E-state index in [9.17, 15) is 0 Å². The molecule has 4 heteroatoms. The molecule has 1 aromatic carbocycles. The van der Waals surface area contributed by atoms with E-state index in [1.54, 1.807) is 0 Å². The van der Waals surface area contributed by atoms with E-state index in [2.05, 4.69) is 23.3 Å². The maximum atomic E-state index is 8.61. The molecule has 1 heterocycles. The average molecular weight is 259 g/mol. The molecule has 1 N–H and O–H groups in total. The summed E-state index contributed by atoms with van der Waals surface area (Å²) in [5.41, 5.74) is 2.09. The molecule has 0 bridgehead atoms. The quantitative estimate of drug-likeness (QED) is 0.901. The van der Waals surface area contributed by atoms with E-state index in [4.69, 9.17) is 5.26 Å². The number of benzene rings is 1. The lowest BCUT2D eigenvalue weighted by atomic mass is 10.1. The molecule has 1 aliphatic heterocycles. The third-order valence-electron chi connectivity index (χ3n) is 2.82. The van der Waals surface area contributed by atoms with Crippen LogP contribution >= 0.6 is 11.8 Å². The summed E-state index contributed by atoms with van der Waals surface area (Å²) in [5.74, 6) is 0. The second-order valence-corrected chi connectivity index (χ2v) is 5.62. The first kappa shape index (κ1) is 13.0. The average Bonchev–Trinajstić information content (AvgIpc) is 2.80. The third kappa shape index (κ3) is 3.51. The van der Waals surface area contributed by atoms with E-state index >= 15 is 0 Å². The lowest BCUT2D eigenvalue weighted by Crippen LogP contribution is -2.07. The Morgan fingerprint density at radius 1 is 1.44 bits per heavy atom. The van der Waals surface area contributed by atoms with Crippen molar-refractivity contribution in [1.29, 1.82) is 5.26 Å². The summed E-state index contributed by atoms with van der Waals surface area (Å²) in [7, 11) is 0. The highest BCUT2D eigenvalue weighted by Crippen LogP contribution is 2.25. The molecule has 0 aromatic heterocycles. The van der Waals surface area contributed by atoms with Gasteiger partial charge in [-0.25, -0.2) is 0 Å². The van der Waals surface area contributed by atoms with Gasteiger partial charge in [-0.2, -0.15) is 5.26 Å². The standard InChI is InChI=1S/C14H17N3S/c1-2-3-13-10-16-14(18-13)17-12-6-4-11(5-7-12)8-9-15/h4-7,13H,2-3,8,10H2,1H3,(H,16,17). The normalized spacial score (nSPS) is 18.2. The van der Waals surface area contributed by atoms with E-state index in [-0.39, 0.29) is 0 Å². The second kappa shape index (κ2) is 6.46. The van der Waals surface area contributed by atoms with Crippen LogP contribution in [0.15, 0.2) is 29.3 Å². The van der Waals surface area contributed by atoms with Gasteiger partial charge in [0.2, 0.25) is 0 Å². The zero-order valence-electron chi connectivity index (χ0n) is 10.5. The first-order valence-corrected chi connectivity index (χ1v) is 7.13. The molecule has 0 radical (unpaired) electrons. The van der Waals surface area contributed by atoms with Gasteiger partial charge in [-0.1, -0.05) is 37.2 Å². The van der Waals surface area contributed by atoms with E-state index < -0.39 is 0 Å². The zero-order chi connectivity index (χ0) is 12.8. The highest BCUT2D eigenvalue weighted by atomic mass is 32.2. The van der Waals surface area contributed by atoms with E-state index in [0.29, 0.717) is 11.7 Å². The van der Waals surface area contributed by atoms with Gasteiger partial charge in [0, 0.05) is 10.9 Å². The van der Waals surface area contributed by atoms with Gasteiger partial charge in [0.15, 0.2) is 5.17 Å². The fraction of sp³-hybridized carbons (Fsp3) is 0.429. The number of nitrogens with zero attached hydrogens (tertiary/aromatic N) is 2. The topological polar surface area (TPSA) is 48.2 Å². The Labute approximate surface area is 112 Å². The molecule has 1 aliphatic rings. The summed E-state index contributed by atoms with van der Waals surface area (Å²) >= 11 is 1.83. The van der Waals surface area contributed by atoms with Crippen LogP contribution in [0.3, 0.4) is 0 Å². The van der Waals surface area contributed by atoms with Crippen LogP contribution in [-0.2, 0) is 6.42 Å². The number of anilines is 1. The van der Waals surface area contributed by atoms with Crippen molar-refractivity contribution in [3.05, 3.63) is 29.8 Å². The van der Waals surface area contributed by atoms with E-state index in [1.165, 1.54) is 12.8 Å². The lowest BCUT2D eigenvalue weighted by Gasteiger charge is -2.08. The molecule has 3 nitrogen and oxygen atoms in total. The van der Waals surface area contributed by atoms with Crippen LogP contribution in [-0.4, -0.2) is 17.0 Å². The summed E-state index contributed by atoms with van der Waals surface area (Å²) in [6.45, 7) is 3.13. The number of nitrogens with one attached hydrogen (secondary N) is 1. The van der Waals surface area contributed by atoms with Gasteiger partial charge in [-0.3, -0.25) is 4.99 Å². The van der Waals surface area contributed by atoms with Crippen molar-refractivity contribution in [2.24, 2.45) is 4.99 Å². The Morgan fingerprint density at radius 3 is 2.89 bits per heavy atom. The number of thioether (sulfide) groups is 1. The number of aliphatic imine (C=N–C) groups is 1. The van der Waals surface area contributed by atoms with Crippen LogP contribution < -0.4 is 5.32 Å². The molecule has 0 amide bonds. The summed E-state index contributed by atoms with van der Waals surface area (Å²) in [6.07, 6.45) is 2.90. The Balaban J connectivity index is 1.89. The van der Waals surface area contributed by atoms with Crippen LogP contribution in [0.5, 0.6) is 0 Å². The molecule has 0 saturated heterocycles. The number of hydrogen-bond acceptors (Lipinski definition) is 4. The molecular weight excluding hydrogens is 242 g/mol. The van der Waals surface area contributed by atoms with Crippen molar-refractivity contribution in [3.8, 4) is 6.07 Å². The summed E-state index contributed by atoms with van der Waals surface area (Å²) in [5, 5.41) is 13.6. The van der Waals surface area contributed by atoms with Gasteiger partial charge in [0.25, 0.3) is 0 Å². The molecule has 0 aliphatic carbocycles. The number of rotatable bonds is 4. The van der Waals surface area contributed by atoms with Crippen LogP contribution in [0.1, 0.15) is 25.3 Å². The Hall–Kier alpha value is -1.47. The second-order valence-electron chi connectivity index (χ2n) is 4.33. The van der Waals surface area contributed by atoms with Crippen molar-refractivity contribution in [3.63, 3.8) is 0 Å². The molecule has 1 unspecified atom stereocenters. The van der Waals surface area contributed by atoms with Gasteiger partial charge in [-0.15, -0.1) is 0 Å². The number of amidine groups is 1.